The molecular formula is C13H13N3O3S2. The van der Waals surface area contributed by atoms with Gasteiger partial charge in [0.15, 0.2) is 5.13 Å². The minimum absolute atomic E-state index is 0.275. The number of amides is 1. The first kappa shape index (κ1) is 15.2. The van der Waals surface area contributed by atoms with E-state index in [4.69, 9.17) is 0 Å². The molecule has 0 aliphatic heterocycles. The molecular weight excluding hydrogens is 310 g/mol. The molecule has 1 heterocycles. The highest BCUT2D eigenvalue weighted by atomic mass is 32.2. The molecule has 0 saturated carbocycles. The van der Waals surface area contributed by atoms with Gasteiger partial charge in [-0.2, -0.15) is 0 Å². The van der Waals surface area contributed by atoms with E-state index in [2.05, 4.69) is 15.0 Å². The van der Waals surface area contributed by atoms with E-state index in [1.165, 1.54) is 17.4 Å². The maximum Gasteiger partial charge on any atom is 0.250 e. The molecule has 6 nitrogen and oxygen atoms in total. The molecule has 2 aromatic rings. The minimum atomic E-state index is -3.28. The fourth-order valence-electron chi connectivity index (χ4n) is 1.48. The van der Waals surface area contributed by atoms with Crippen molar-refractivity contribution in [3.8, 4) is 0 Å². The van der Waals surface area contributed by atoms with Crippen LogP contribution in [0.25, 0.3) is 6.08 Å². The van der Waals surface area contributed by atoms with Gasteiger partial charge in [-0.3, -0.25) is 14.8 Å². The summed E-state index contributed by atoms with van der Waals surface area (Å²) in [5.41, 5.74) is 1.25. The molecule has 0 saturated heterocycles. The summed E-state index contributed by atoms with van der Waals surface area (Å²) in [6, 6.07) is 6.67. The molecule has 0 unspecified atom stereocenters. The third-order valence-corrected chi connectivity index (χ3v) is 3.60. The normalized spacial score (nSPS) is 11.5. The maximum absolute atomic E-state index is 11.6. The van der Waals surface area contributed by atoms with Crippen molar-refractivity contribution in [1.29, 1.82) is 0 Å². The lowest BCUT2D eigenvalue weighted by Crippen LogP contribution is -2.09. The monoisotopic (exact) mass is 323 g/mol. The van der Waals surface area contributed by atoms with Crippen LogP contribution in [-0.2, 0) is 14.8 Å². The lowest BCUT2D eigenvalue weighted by atomic mass is 10.2. The van der Waals surface area contributed by atoms with Crippen LogP contribution in [0.2, 0.25) is 0 Å². The quantitative estimate of drug-likeness (QED) is 0.825. The second kappa shape index (κ2) is 6.51. The van der Waals surface area contributed by atoms with Crippen LogP contribution in [0.1, 0.15) is 5.56 Å². The zero-order valence-corrected chi connectivity index (χ0v) is 12.7. The second-order valence-electron chi connectivity index (χ2n) is 4.16. The van der Waals surface area contributed by atoms with Crippen molar-refractivity contribution < 1.29 is 13.2 Å². The van der Waals surface area contributed by atoms with Gasteiger partial charge in [0.2, 0.25) is 15.9 Å². The third-order valence-electron chi connectivity index (χ3n) is 2.30. The highest BCUT2D eigenvalue weighted by Crippen LogP contribution is 2.13. The smallest absolute Gasteiger partial charge is 0.250 e. The van der Waals surface area contributed by atoms with Crippen LogP contribution in [0.5, 0.6) is 0 Å². The molecule has 1 aromatic carbocycles. The van der Waals surface area contributed by atoms with E-state index in [9.17, 15) is 13.2 Å². The number of rotatable bonds is 5. The standard InChI is InChI=1S/C13H13N3O3S2/c1-21(18,19)16-11-5-2-10(3-6-11)4-7-12(17)15-13-14-8-9-20-13/h2-9,16H,1H3,(H,14,15,17)/b7-4+. The van der Waals surface area contributed by atoms with Crippen LogP contribution in [0, 0.1) is 0 Å². The number of carbonyl (C=O) groups excluding carboxylic acids is 1. The minimum Gasteiger partial charge on any atom is -0.298 e. The molecule has 0 fully saturated rings. The van der Waals surface area contributed by atoms with Gasteiger partial charge in [-0.05, 0) is 23.8 Å². The van der Waals surface area contributed by atoms with Crippen molar-refractivity contribution in [3.05, 3.63) is 47.5 Å². The highest BCUT2D eigenvalue weighted by Gasteiger charge is 2.01. The number of aromatic nitrogens is 1. The first-order valence-corrected chi connectivity index (χ1v) is 8.66. The Bertz CT molecular complexity index is 735. The average Bonchev–Trinajstić information content (AvgIpc) is 2.89. The van der Waals surface area contributed by atoms with Gasteiger partial charge in [0, 0.05) is 23.3 Å². The van der Waals surface area contributed by atoms with Crippen LogP contribution in [0.4, 0.5) is 10.8 Å². The molecule has 8 heteroatoms. The van der Waals surface area contributed by atoms with Crippen molar-refractivity contribution in [3.63, 3.8) is 0 Å². The Kier molecular flexibility index (Phi) is 4.71. The fraction of sp³-hybridized carbons (Fsp3) is 0.0769. The molecule has 0 aliphatic carbocycles. The Morgan fingerprint density at radius 3 is 2.57 bits per heavy atom. The summed E-state index contributed by atoms with van der Waals surface area (Å²) in [6.45, 7) is 0. The van der Waals surface area contributed by atoms with Crippen LogP contribution in [-0.4, -0.2) is 25.6 Å². The Hall–Kier alpha value is -2.19. The maximum atomic E-state index is 11.6. The largest absolute Gasteiger partial charge is 0.298 e. The van der Waals surface area contributed by atoms with Crippen LogP contribution in [0.15, 0.2) is 41.9 Å². The Morgan fingerprint density at radius 1 is 1.29 bits per heavy atom. The Balaban J connectivity index is 1.96. The predicted octanol–water partition coefficient (Wildman–Crippen LogP) is 2.17. The van der Waals surface area contributed by atoms with Crippen LogP contribution >= 0.6 is 11.3 Å². The topological polar surface area (TPSA) is 88.2 Å². The lowest BCUT2D eigenvalue weighted by Gasteiger charge is -2.03. The number of nitrogens with one attached hydrogen (secondary N) is 2. The zero-order chi connectivity index (χ0) is 15.3. The molecule has 110 valence electrons. The van der Waals surface area contributed by atoms with Gasteiger partial charge in [0.1, 0.15) is 0 Å². The molecule has 21 heavy (non-hydrogen) atoms. The van der Waals surface area contributed by atoms with E-state index in [1.54, 1.807) is 41.9 Å². The molecule has 0 atom stereocenters. The summed E-state index contributed by atoms with van der Waals surface area (Å²) >= 11 is 1.34. The van der Waals surface area contributed by atoms with Crippen molar-refractivity contribution in [2.24, 2.45) is 0 Å². The zero-order valence-electron chi connectivity index (χ0n) is 11.1. The molecule has 0 radical (unpaired) electrons. The Labute approximate surface area is 126 Å². The first-order valence-electron chi connectivity index (χ1n) is 5.89. The number of anilines is 2. The number of benzene rings is 1. The number of nitrogens with zero attached hydrogens (tertiary/aromatic N) is 1. The third kappa shape index (κ3) is 5.36. The number of carbonyl (C=O) groups is 1. The molecule has 2 N–H and O–H groups in total. The molecule has 0 aliphatic rings. The summed E-state index contributed by atoms with van der Waals surface area (Å²) < 4.78 is 24.5. The van der Waals surface area contributed by atoms with Crippen molar-refractivity contribution >= 4 is 44.2 Å². The van der Waals surface area contributed by atoms with Crippen LogP contribution in [0.3, 0.4) is 0 Å². The van der Waals surface area contributed by atoms with Gasteiger partial charge in [-0.15, -0.1) is 11.3 Å². The molecule has 0 bridgehead atoms. The summed E-state index contributed by atoms with van der Waals surface area (Å²) in [5.74, 6) is -0.275. The molecule has 1 amide bonds. The summed E-state index contributed by atoms with van der Waals surface area (Å²) in [4.78, 5) is 15.6. The van der Waals surface area contributed by atoms with Crippen molar-refractivity contribution in [2.75, 3.05) is 16.3 Å². The number of thiazole rings is 1. The van der Waals surface area contributed by atoms with E-state index < -0.39 is 10.0 Å². The first-order chi connectivity index (χ1) is 9.92. The van der Waals surface area contributed by atoms with Gasteiger partial charge < -0.3 is 0 Å². The predicted molar refractivity (Wildman–Crippen MR) is 84.7 cm³/mol. The van der Waals surface area contributed by atoms with Crippen LogP contribution < -0.4 is 10.0 Å². The number of sulfonamides is 1. The lowest BCUT2D eigenvalue weighted by molar-refractivity contribution is -0.111. The van der Waals surface area contributed by atoms with E-state index >= 15 is 0 Å². The van der Waals surface area contributed by atoms with Crippen molar-refractivity contribution in [1.82, 2.24) is 4.98 Å². The SMILES string of the molecule is CS(=O)(=O)Nc1ccc(/C=C/C(=O)Nc2nccs2)cc1. The summed E-state index contributed by atoms with van der Waals surface area (Å²) in [7, 11) is -3.28. The van der Waals surface area contributed by atoms with Gasteiger partial charge in [0.05, 0.1) is 6.26 Å². The summed E-state index contributed by atoms with van der Waals surface area (Å²) in [5, 5.41) is 4.93. The van der Waals surface area contributed by atoms with Gasteiger partial charge in [0.25, 0.3) is 0 Å². The highest BCUT2D eigenvalue weighted by molar-refractivity contribution is 7.92. The second-order valence-corrected chi connectivity index (χ2v) is 6.80. The van der Waals surface area contributed by atoms with E-state index in [-0.39, 0.29) is 5.91 Å². The average molecular weight is 323 g/mol. The Morgan fingerprint density at radius 2 is 2.00 bits per heavy atom. The van der Waals surface area contributed by atoms with Gasteiger partial charge >= 0.3 is 0 Å². The molecule has 2 rings (SSSR count). The van der Waals surface area contributed by atoms with Gasteiger partial charge in [-0.1, -0.05) is 12.1 Å². The summed E-state index contributed by atoms with van der Waals surface area (Å²) in [6.07, 6.45) is 5.72. The fourth-order valence-corrected chi connectivity index (χ4v) is 2.58. The van der Waals surface area contributed by atoms with Gasteiger partial charge in [-0.25, -0.2) is 13.4 Å². The molecule has 1 aromatic heterocycles. The van der Waals surface area contributed by atoms with Crippen molar-refractivity contribution in [2.45, 2.75) is 0 Å². The van der Waals surface area contributed by atoms with E-state index in [1.807, 2.05) is 0 Å². The van der Waals surface area contributed by atoms with E-state index in [0.29, 0.717) is 10.8 Å². The number of hydrogen-bond donors (Lipinski definition) is 2. The number of hydrogen-bond acceptors (Lipinski definition) is 5. The van der Waals surface area contributed by atoms with E-state index in [0.717, 1.165) is 11.8 Å². The molecule has 0 spiro atoms.